The van der Waals surface area contributed by atoms with Gasteiger partial charge in [0, 0.05) is 25.1 Å². The van der Waals surface area contributed by atoms with Crippen molar-refractivity contribution in [2.24, 2.45) is 0 Å². The van der Waals surface area contributed by atoms with Crippen LogP contribution in [0.3, 0.4) is 0 Å². The molecule has 0 aromatic heterocycles. The van der Waals surface area contributed by atoms with Crippen molar-refractivity contribution in [3.63, 3.8) is 0 Å². The van der Waals surface area contributed by atoms with Gasteiger partial charge in [0.15, 0.2) is 11.9 Å². The highest BCUT2D eigenvalue weighted by molar-refractivity contribution is 6.09. The number of Topliss-reactive ketones (excluding diaryl/α,β-unsaturated/α-hetero) is 1. The molecule has 0 aliphatic carbocycles. The zero-order chi connectivity index (χ0) is 16.4. The number of amides is 1. The Labute approximate surface area is 128 Å². The Hall–Kier alpha value is -2.63. The third-order valence-corrected chi connectivity index (χ3v) is 3.34. The van der Waals surface area contributed by atoms with Gasteiger partial charge < -0.3 is 14.4 Å². The van der Waals surface area contributed by atoms with Gasteiger partial charge in [-0.2, -0.15) is 0 Å². The molecule has 22 heavy (non-hydrogen) atoms. The van der Waals surface area contributed by atoms with Crippen LogP contribution >= 0.6 is 0 Å². The average Bonchev–Trinajstić information content (AvgIpc) is 2.49. The van der Waals surface area contributed by atoms with Gasteiger partial charge >= 0.3 is 5.97 Å². The number of likely N-dealkylation sites (N-methyl/N-ethyl adjacent to an activating group) is 1. The van der Waals surface area contributed by atoms with E-state index in [1.807, 2.05) is 0 Å². The highest BCUT2D eigenvalue weighted by atomic mass is 16.5. The van der Waals surface area contributed by atoms with Crippen LogP contribution in [-0.4, -0.2) is 37.4 Å². The molecule has 1 amide bonds. The lowest BCUT2D eigenvalue weighted by Crippen LogP contribution is -2.42. The Balaban J connectivity index is 2.23. The summed E-state index contributed by atoms with van der Waals surface area (Å²) in [5.41, 5.74) is 1.14. The molecule has 0 saturated carbocycles. The summed E-state index contributed by atoms with van der Waals surface area (Å²) in [4.78, 5) is 36.3. The summed E-state index contributed by atoms with van der Waals surface area (Å²) in [5.74, 6) is -0.497. The van der Waals surface area contributed by atoms with Crippen molar-refractivity contribution >= 4 is 23.3 Å². The highest BCUT2D eigenvalue weighted by Gasteiger charge is 2.29. The van der Waals surface area contributed by atoms with Crippen LogP contribution in [0.5, 0.6) is 5.75 Å². The summed E-state index contributed by atoms with van der Waals surface area (Å²) < 4.78 is 10.3. The molecule has 1 atom stereocenters. The molecule has 1 aromatic rings. The van der Waals surface area contributed by atoms with E-state index in [-0.39, 0.29) is 23.9 Å². The summed E-state index contributed by atoms with van der Waals surface area (Å²) in [6, 6.07) is 4.80. The van der Waals surface area contributed by atoms with Crippen molar-refractivity contribution in [3.8, 4) is 5.75 Å². The summed E-state index contributed by atoms with van der Waals surface area (Å²) in [7, 11) is 1.65. The molecule has 2 rings (SSSR count). The van der Waals surface area contributed by atoms with E-state index in [2.05, 4.69) is 6.58 Å². The van der Waals surface area contributed by atoms with Crippen molar-refractivity contribution in [1.29, 1.82) is 0 Å². The van der Waals surface area contributed by atoms with Crippen molar-refractivity contribution in [3.05, 3.63) is 35.9 Å². The van der Waals surface area contributed by atoms with Gasteiger partial charge in [0.25, 0.3) is 5.91 Å². The molecule has 116 valence electrons. The van der Waals surface area contributed by atoms with Gasteiger partial charge in [0.2, 0.25) is 0 Å². The minimum absolute atomic E-state index is 0.147. The lowest BCUT2D eigenvalue weighted by atomic mass is 10.0. The van der Waals surface area contributed by atoms with Crippen LogP contribution in [0.4, 0.5) is 5.69 Å². The van der Waals surface area contributed by atoms with Crippen molar-refractivity contribution in [2.45, 2.75) is 20.0 Å². The van der Waals surface area contributed by atoms with Gasteiger partial charge in [-0.05, 0) is 25.1 Å². The van der Waals surface area contributed by atoms with Crippen LogP contribution in [0.1, 0.15) is 24.2 Å². The largest absolute Gasteiger partial charge is 0.479 e. The topological polar surface area (TPSA) is 72.9 Å². The van der Waals surface area contributed by atoms with Crippen LogP contribution in [0.25, 0.3) is 0 Å². The molecule has 0 radical (unpaired) electrons. The minimum Gasteiger partial charge on any atom is -0.479 e. The molecule has 1 aliphatic heterocycles. The van der Waals surface area contributed by atoms with E-state index >= 15 is 0 Å². The molecule has 0 N–H and O–H groups in total. The average molecular weight is 303 g/mol. The zero-order valence-electron chi connectivity index (χ0n) is 12.7. The molecule has 1 heterocycles. The number of hydrogen-bond acceptors (Lipinski definition) is 5. The molecule has 1 unspecified atom stereocenters. The summed E-state index contributed by atoms with van der Waals surface area (Å²) in [5, 5.41) is 0. The molecule has 6 nitrogen and oxygen atoms in total. The highest BCUT2D eigenvalue weighted by Crippen LogP contribution is 2.34. The molecule has 0 saturated heterocycles. The molecule has 1 aromatic carbocycles. The first-order valence-corrected chi connectivity index (χ1v) is 6.75. The van der Waals surface area contributed by atoms with Crippen LogP contribution in [0.15, 0.2) is 30.4 Å². The van der Waals surface area contributed by atoms with E-state index in [1.165, 1.54) is 11.8 Å². The fraction of sp³-hybridized carbons (Fsp3) is 0.312. The normalized spacial score (nSPS) is 16.6. The van der Waals surface area contributed by atoms with E-state index in [4.69, 9.17) is 9.47 Å². The maximum absolute atomic E-state index is 12.2. The number of nitrogens with zero attached hydrogens (tertiary/aromatic N) is 1. The van der Waals surface area contributed by atoms with E-state index in [9.17, 15) is 14.4 Å². The molecular weight excluding hydrogens is 286 g/mol. The number of carbonyl (C=O) groups excluding carboxylic acids is 3. The number of hydrogen-bond donors (Lipinski definition) is 0. The molecule has 0 spiro atoms. The first kappa shape index (κ1) is 15.8. The van der Waals surface area contributed by atoms with E-state index < -0.39 is 12.1 Å². The third-order valence-electron chi connectivity index (χ3n) is 3.34. The predicted octanol–water partition coefficient (Wildman–Crippen LogP) is 1.73. The van der Waals surface area contributed by atoms with Crippen molar-refractivity contribution in [1.82, 2.24) is 0 Å². The van der Waals surface area contributed by atoms with E-state index in [0.717, 1.165) is 0 Å². The zero-order valence-corrected chi connectivity index (χ0v) is 12.7. The van der Waals surface area contributed by atoms with Gasteiger partial charge in [0.05, 0.1) is 5.69 Å². The Morgan fingerprint density at radius 2 is 2.09 bits per heavy atom. The van der Waals surface area contributed by atoms with Gasteiger partial charge in [-0.1, -0.05) is 6.58 Å². The number of rotatable bonds is 4. The van der Waals surface area contributed by atoms with Crippen LogP contribution in [0.2, 0.25) is 0 Å². The summed E-state index contributed by atoms with van der Waals surface area (Å²) in [6.45, 7) is 6.38. The van der Waals surface area contributed by atoms with Crippen LogP contribution in [0, 0.1) is 0 Å². The summed E-state index contributed by atoms with van der Waals surface area (Å²) >= 11 is 0. The predicted molar refractivity (Wildman–Crippen MR) is 80.0 cm³/mol. The Morgan fingerprint density at radius 1 is 1.41 bits per heavy atom. The van der Waals surface area contributed by atoms with Gasteiger partial charge in [-0.3, -0.25) is 14.4 Å². The standard InChI is InChI=1S/C16H17NO5/c1-9(8-21-11(3)18)15(19)12-5-6-13-14(7-12)22-10(2)16(20)17(13)4/h5-7,10H,1,8H2,2-4H3. The Kier molecular flexibility index (Phi) is 4.30. The van der Waals surface area contributed by atoms with Gasteiger partial charge in [-0.25, -0.2) is 0 Å². The molecule has 1 aliphatic rings. The van der Waals surface area contributed by atoms with Crippen molar-refractivity contribution < 1.29 is 23.9 Å². The number of ketones is 1. The maximum atomic E-state index is 12.2. The minimum atomic E-state index is -0.605. The van der Waals surface area contributed by atoms with Gasteiger partial charge in [-0.15, -0.1) is 0 Å². The second kappa shape index (κ2) is 6.01. The molecule has 0 bridgehead atoms. The fourth-order valence-electron chi connectivity index (χ4n) is 2.12. The number of ether oxygens (including phenoxy) is 2. The third kappa shape index (κ3) is 3.00. The number of benzene rings is 1. The monoisotopic (exact) mass is 303 g/mol. The number of fused-ring (bicyclic) bond motifs is 1. The number of anilines is 1. The lowest BCUT2D eigenvalue weighted by molar-refractivity contribution is -0.139. The molecular formula is C16H17NO5. The lowest BCUT2D eigenvalue weighted by Gasteiger charge is -2.30. The second-order valence-electron chi connectivity index (χ2n) is 5.05. The first-order valence-electron chi connectivity index (χ1n) is 6.75. The van der Waals surface area contributed by atoms with Crippen LogP contribution < -0.4 is 9.64 Å². The Morgan fingerprint density at radius 3 is 2.73 bits per heavy atom. The maximum Gasteiger partial charge on any atom is 0.302 e. The van der Waals surface area contributed by atoms with E-state index in [0.29, 0.717) is 17.0 Å². The number of esters is 1. The quantitative estimate of drug-likeness (QED) is 0.481. The smallest absolute Gasteiger partial charge is 0.302 e. The first-order chi connectivity index (χ1) is 10.3. The second-order valence-corrected chi connectivity index (χ2v) is 5.05. The van der Waals surface area contributed by atoms with E-state index in [1.54, 1.807) is 32.2 Å². The number of carbonyl (C=O) groups is 3. The van der Waals surface area contributed by atoms with Crippen molar-refractivity contribution in [2.75, 3.05) is 18.6 Å². The van der Waals surface area contributed by atoms with Gasteiger partial charge in [0.1, 0.15) is 12.4 Å². The van der Waals surface area contributed by atoms with Crippen LogP contribution in [-0.2, 0) is 14.3 Å². The summed E-state index contributed by atoms with van der Waals surface area (Å²) in [6.07, 6.45) is -0.605. The fourth-order valence-corrected chi connectivity index (χ4v) is 2.12. The Bertz CT molecular complexity index is 665. The molecule has 0 fully saturated rings. The molecule has 6 heteroatoms. The SMILES string of the molecule is C=C(COC(C)=O)C(=O)c1ccc2c(c1)OC(C)C(=O)N2C.